The summed E-state index contributed by atoms with van der Waals surface area (Å²) in [6.07, 6.45) is 0.499. The Morgan fingerprint density at radius 3 is 2.55 bits per heavy atom. The predicted octanol–water partition coefficient (Wildman–Crippen LogP) is 1.60. The van der Waals surface area contributed by atoms with E-state index in [2.05, 4.69) is 5.32 Å². The molecular weight excluding hydrogens is 256 g/mol. The molecule has 0 bridgehead atoms. The lowest BCUT2D eigenvalue weighted by molar-refractivity contribution is -0.134. The molecule has 5 nitrogen and oxygen atoms in total. The van der Waals surface area contributed by atoms with Crippen LogP contribution in [0.4, 0.5) is 0 Å². The maximum atomic E-state index is 12.1. The van der Waals surface area contributed by atoms with Crippen LogP contribution in [-0.4, -0.2) is 29.3 Å². The Hall–Kier alpha value is -2.06. The second-order valence-corrected chi connectivity index (χ2v) is 5.14. The number of aliphatic hydroxyl groups is 1. The van der Waals surface area contributed by atoms with Gasteiger partial charge in [0.05, 0.1) is 11.6 Å². The van der Waals surface area contributed by atoms with E-state index in [9.17, 15) is 4.79 Å². The maximum Gasteiger partial charge on any atom is 0.263 e. The Balaban J connectivity index is 2.67. The molecule has 1 atom stereocenters. The zero-order chi connectivity index (χ0) is 15.2. The van der Waals surface area contributed by atoms with E-state index in [1.165, 1.54) is 0 Å². The van der Waals surface area contributed by atoms with Crippen molar-refractivity contribution in [1.82, 2.24) is 5.32 Å². The van der Waals surface area contributed by atoms with Crippen LogP contribution in [0.15, 0.2) is 24.3 Å². The van der Waals surface area contributed by atoms with Crippen LogP contribution in [0, 0.1) is 11.3 Å². The molecule has 0 saturated carbocycles. The van der Waals surface area contributed by atoms with Crippen molar-refractivity contribution in [1.29, 1.82) is 5.26 Å². The number of nitrogens with one attached hydrogen (secondary N) is 1. The van der Waals surface area contributed by atoms with Gasteiger partial charge in [-0.2, -0.15) is 5.26 Å². The first-order chi connectivity index (χ1) is 9.39. The van der Waals surface area contributed by atoms with E-state index in [0.717, 1.165) is 0 Å². The first kappa shape index (κ1) is 16.0. The number of rotatable bonds is 6. The highest BCUT2D eigenvalue weighted by Crippen LogP contribution is 2.19. The fourth-order valence-corrected chi connectivity index (χ4v) is 1.60. The largest absolute Gasteiger partial charge is 0.478 e. The molecule has 0 saturated heterocycles. The standard InChI is InChI=1S/C15H20N2O3/c1-11(8-9-18)17-14(19)15(2,3)20-13-6-4-12(10-16)5-7-13/h4-7,11,18H,8-9H2,1-3H3,(H,17,19). The molecule has 1 rings (SSSR count). The van der Waals surface area contributed by atoms with Gasteiger partial charge in [0.25, 0.3) is 5.91 Å². The summed E-state index contributed by atoms with van der Waals surface area (Å²) < 4.78 is 5.66. The fourth-order valence-electron chi connectivity index (χ4n) is 1.60. The van der Waals surface area contributed by atoms with Crippen molar-refractivity contribution < 1.29 is 14.6 Å². The van der Waals surface area contributed by atoms with Crippen molar-refractivity contribution in [2.45, 2.75) is 38.8 Å². The molecule has 2 N–H and O–H groups in total. The van der Waals surface area contributed by atoms with Gasteiger partial charge in [0.1, 0.15) is 5.75 Å². The summed E-state index contributed by atoms with van der Waals surface area (Å²) in [5.74, 6) is 0.279. The molecule has 0 aliphatic heterocycles. The summed E-state index contributed by atoms with van der Waals surface area (Å²) in [4.78, 5) is 12.1. The van der Waals surface area contributed by atoms with Gasteiger partial charge in [-0.05, 0) is 51.5 Å². The summed E-state index contributed by atoms with van der Waals surface area (Å²) in [5, 5.41) is 20.3. The Kier molecular flexibility index (Phi) is 5.53. The number of nitrogens with zero attached hydrogens (tertiary/aromatic N) is 1. The number of carbonyl (C=O) groups excluding carboxylic acids is 1. The quantitative estimate of drug-likeness (QED) is 0.827. The van der Waals surface area contributed by atoms with Gasteiger partial charge in [-0.3, -0.25) is 4.79 Å². The first-order valence-electron chi connectivity index (χ1n) is 6.50. The second kappa shape index (κ2) is 6.92. The van der Waals surface area contributed by atoms with Gasteiger partial charge in [-0.1, -0.05) is 0 Å². The van der Waals surface area contributed by atoms with Gasteiger partial charge in [0.2, 0.25) is 0 Å². The number of amides is 1. The average molecular weight is 276 g/mol. The highest BCUT2D eigenvalue weighted by molar-refractivity contribution is 5.84. The summed E-state index contributed by atoms with van der Waals surface area (Å²) >= 11 is 0. The molecule has 1 aromatic rings. The van der Waals surface area contributed by atoms with Gasteiger partial charge < -0.3 is 15.2 Å². The highest BCUT2D eigenvalue weighted by Gasteiger charge is 2.30. The molecule has 0 radical (unpaired) electrons. The van der Waals surface area contributed by atoms with E-state index in [-0.39, 0.29) is 18.6 Å². The molecule has 0 heterocycles. The molecule has 0 aliphatic rings. The van der Waals surface area contributed by atoms with Crippen LogP contribution < -0.4 is 10.1 Å². The van der Waals surface area contributed by atoms with E-state index in [0.29, 0.717) is 17.7 Å². The Morgan fingerprint density at radius 2 is 2.05 bits per heavy atom. The van der Waals surface area contributed by atoms with Crippen LogP contribution in [-0.2, 0) is 4.79 Å². The van der Waals surface area contributed by atoms with E-state index in [4.69, 9.17) is 15.1 Å². The monoisotopic (exact) mass is 276 g/mol. The number of ether oxygens (including phenoxy) is 1. The molecule has 0 fully saturated rings. The molecule has 0 aromatic heterocycles. The maximum absolute atomic E-state index is 12.1. The van der Waals surface area contributed by atoms with Crippen molar-refractivity contribution in [2.24, 2.45) is 0 Å². The summed E-state index contributed by atoms with van der Waals surface area (Å²) in [6.45, 7) is 5.20. The Morgan fingerprint density at radius 1 is 1.45 bits per heavy atom. The van der Waals surface area contributed by atoms with Crippen LogP contribution in [0.5, 0.6) is 5.75 Å². The molecule has 5 heteroatoms. The van der Waals surface area contributed by atoms with Gasteiger partial charge in [-0.15, -0.1) is 0 Å². The first-order valence-corrected chi connectivity index (χ1v) is 6.50. The third-order valence-electron chi connectivity index (χ3n) is 2.84. The van der Waals surface area contributed by atoms with Crippen LogP contribution in [0.25, 0.3) is 0 Å². The van der Waals surface area contributed by atoms with Crippen molar-refractivity contribution in [3.63, 3.8) is 0 Å². The lowest BCUT2D eigenvalue weighted by Gasteiger charge is -2.27. The van der Waals surface area contributed by atoms with Gasteiger partial charge in [-0.25, -0.2) is 0 Å². The smallest absolute Gasteiger partial charge is 0.263 e. The van der Waals surface area contributed by atoms with Crippen molar-refractivity contribution in [3.8, 4) is 11.8 Å². The number of hydrogen-bond acceptors (Lipinski definition) is 4. The Bertz CT molecular complexity index is 489. The second-order valence-electron chi connectivity index (χ2n) is 5.14. The number of nitriles is 1. The van der Waals surface area contributed by atoms with Crippen LogP contribution >= 0.6 is 0 Å². The molecule has 0 aliphatic carbocycles. The zero-order valence-electron chi connectivity index (χ0n) is 12.0. The van der Waals surface area contributed by atoms with Crippen molar-refractivity contribution in [3.05, 3.63) is 29.8 Å². The minimum absolute atomic E-state index is 0.0261. The van der Waals surface area contributed by atoms with E-state index in [1.807, 2.05) is 13.0 Å². The minimum Gasteiger partial charge on any atom is -0.478 e. The lowest BCUT2D eigenvalue weighted by Crippen LogP contribution is -2.49. The summed E-state index contributed by atoms with van der Waals surface area (Å²) in [7, 11) is 0. The molecule has 1 unspecified atom stereocenters. The SMILES string of the molecule is CC(CCO)NC(=O)C(C)(C)Oc1ccc(C#N)cc1. The van der Waals surface area contributed by atoms with Gasteiger partial charge in [0, 0.05) is 12.6 Å². The lowest BCUT2D eigenvalue weighted by atomic mass is 10.1. The van der Waals surface area contributed by atoms with E-state index in [1.54, 1.807) is 38.1 Å². The Labute approximate surface area is 119 Å². The summed E-state index contributed by atoms with van der Waals surface area (Å²) in [6, 6.07) is 8.50. The number of hydrogen-bond donors (Lipinski definition) is 2. The zero-order valence-corrected chi connectivity index (χ0v) is 12.0. The van der Waals surface area contributed by atoms with Crippen LogP contribution in [0.2, 0.25) is 0 Å². The topological polar surface area (TPSA) is 82.3 Å². The third-order valence-corrected chi connectivity index (χ3v) is 2.84. The molecule has 0 spiro atoms. The van der Waals surface area contributed by atoms with Crippen LogP contribution in [0.3, 0.4) is 0 Å². The molecule has 1 amide bonds. The molecule has 20 heavy (non-hydrogen) atoms. The molecular formula is C15H20N2O3. The predicted molar refractivity (Wildman–Crippen MR) is 75.2 cm³/mol. The fraction of sp³-hybridized carbons (Fsp3) is 0.467. The van der Waals surface area contributed by atoms with E-state index >= 15 is 0 Å². The number of aliphatic hydroxyl groups excluding tert-OH is 1. The average Bonchev–Trinajstić information content (AvgIpc) is 2.39. The van der Waals surface area contributed by atoms with Crippen molar-refractivity contribution >= 4 is 5.91 Å². The minimum atomic E-state index is -1.03. The molecule has 108 valence electrons. The van der Waals surface area contributed by atoms with Crippen LogP contribution in [0.1, 0.15) is 32.8 Å². The third kappa shape index (κ3) is 4.56. The normalized spacial score (nSPS) is 12.3. The van der Waals surface area contributed by atoms with E-state index < -0.39 is 5.60 Å². The number of carbonyl (C=O) groups is 1. The molecule has 1 aromatic carbocycles. The summed E-state index contributed by atoms with van der Waals surface area (Å²) in [5.41, 5.74) is -0.492. The van der Waals surface area contributed by atoms with Crippen molar-refractivity contribution in [2.75, 3.05) is 6.61 Å². The van der Waals surface area contributed by atoms with Gasteiger partial charge in [0.15, 0.2) is 5.60 Å². The number of benzene rings is 1. The van der Waals surface area contributed by atoms with Gasteiger partial charge >= 0.3 is 0 Å². The highest BCUT2D eigenvalue weighted by atomic mass is 16.5.